The van der Waals surface area contributed by atoms with Crippen LogP contribution in [0.2, 0.25) is 0 Å². The fourth-order valence-corrected chi connectivity index (χ4v) is 2.63. The summed E-state index contributed by atoms with van der Waals surface area (Å²) in [6.45, 7) is 0.413. The van der Waals surface area contributed by atoms with Gasteiger partial charge in [0, 0.05) is 23.5 Å². The molecule has 0 aliphatic heterocycles. The maximum absolute atomic E-state index is 12.2. The summed E-state index contributed by atoms with van der Waals surface area (Å²) in [4.78, 5) is 13.8. The van der Waals surface area contributed by atoms with Crippen LogP contribution in [0.15, 0.2) is 51.9 Å². The Morgan fingerprint density at radius 3 is 3.04 bits per heavy atom. The smallest absolute Gasteiger partial charge is 0.222 e. The monoisotopic (exact) mass is 389 g/mol. The number of nitrogens with zero attached hydrogens (tertiary/aromatic N) is 5. The Kier molecular flexibility index (Phi) is 5.05. The molecule has 0 saturated carbocycles. The van der Waals surface area contributed by atoms with Gasteiger partial charge >= 0.3 is 0 Å². The third kappa shape index (κ3) is 4.08. The molecule has 1 aromatic carbocycles. The van der Waals surface area contributed by atoms with Crippen LogP contribution in [0.25, 0.3) is 5.69 Å². The molecular weight excluding hydrogens is 374 g/mol. The summed E-state index contributed by atoms with van der Waals surface area (Å²) in [6, 6.07) is 7.77. The van der Waals surface area contributed by atoms with Gasteiger partial charge in [0.25, 0.3) is 0 Å². The SMILES string of the molecule is CN(Cc1cn(-c2cccc(Br)c2)nn1)C(=O)CCc1cnoc1. The Labute approximate surface area is 147 Å². The van der Waals surface area contributed by atoms with Crippen LogP contribution < -0.4 is 0 Å². The highest BCUT2D eigenvalue weighted by atomic mass is 79.9. The molecule has 8 heteroatoms. The first-order chi connectivity index (χ1) is 11.6. The first kappa shape index (κ1) is 16.4. The second-order valence-electron chi connectivity index (χ2n) is 5.42. The average Bonchev–Trinajstić information content (AvgIpc) is 3.24. The normalized spacial score (nSPS) is 10.8. The van der Waals surface area contributed by atoms with Crippen molar-refractivity contribution in [1.82, 2.24) is 25.1 Å². The Morgan fingerprint density at radius 1 is 1.42 bits per heavy atom. The van der Waals surface area contributed by atoms with E-state index >= 15 is 0 Å². The second-order valence-corrected chi connectivity index (χ2v) is 6.33. The Morgan fingerprint density at radius 2 is 2.29 bits per heavy atom. The van der Waals surface area contributed by atoms with Crippen LogP contribution in [0, 0.1) is 0 Å². The van der Waals surface area contributed by atoms with Gasteiger partial charge in [-0.15, -0.1) is 5.10 Å². The second kappa shape index (κ2) is 7.39. The highest BCUT2D eigenvalue weighted by molar-refractivity contribution is 9.10. The first-order valence-electron chi connectivity index (χ1n) is 7.41. The number of hydrogen-bond acceptors (Lipinski definition) is 5. The summed E-state index contributed by atoms with van der Waals surface area (Å²) in [6.07, 6.45) is 6.01. The molecule has 7 nitrogen and oxygen atoms in total. The number of carbonyl (C=O) groups is 1. The van der Waals surface area contributed by atoms with E-state index in [1.54, 1.807) is 29.1 Å². The van der Waals surface area contributed by atoms with E-state index in [1.807, 2.05) is 30.5 Å². The maximum atomic E-state index is 12.2. The van der Waals surface area contributed by atoms with Crippen molar-refractivity contribution < 1.29 is 9.32 Å². The van der Waals surface area contributed by atoms with Crippen LogP contribution in [0.5, 0.6) is 0 Å². The fraction of sp³-hybridized carbons (Fsp3) is 0.250. The van der Waals surface area contributed by atoms with Gasteiger partial charge in [-0.1, -0.05) is 32.4 Å². The van der Waals surface area contributed by atoms with Crippen molar-refractivity contribution in [3.8, 4) is 5.69 Å². The Bertz CT molecular complexity index is 816. The van der Waals surface area contributed by atoms with Crippen molar-refractivity contribution >= 4 is 21.8 Å². The third-order valence-corrected chi connectivity index (χ3v) is 4.04. The molecule has 0 unspecified atom stereocenters. The van der Waals surface area contributed by atoms with E-state index in [2.05, 4.69) is 31.4 Å². The van der Waals surface area contributed by atoms with Crippen LogP contribution in [0.4, 0.5) is 0 Å². The third-order valence-electron chi connectivity index (χ3n) is 3.55. The minimum absolute atomic E-state index is 0.0354. The number of carbonyl (C=O) groups excluding carboxylic acids is 1. The summed E-state index contributed by atoms with van der Waals surface area (Å²) >= 11 is 3.43. The number of amides is 1. The molecule has 0 fully saturated rings. The number of aryl methyl sites for hydroxylation is 1. The Balaban J connectivity index is 1.58. The summed E-state index contributed by atoms with van der Waals surface area (Å²) in [7, 11) is 1.76. The van der Waals surface area contributed by atoms with Crippen LogP contribution in [0.1, 0.15) is 17.7 Å². The molecule has 2 heterocycles. The van der Waals surface area contributed by atoms with E-state index in [9.17, 15) is 4.79 Å². The zero-order valence-electron chi connectivity index (χ0n) is 13.1. The number of aromatic nitrogens is 4. The number of benzene rings is 1. The lowest BCUT2D eigenvalue weighted by atomic mass is 10.2. The van der Waals surface area contributed by atoms with Gasteiger partial charge < -0.3 is 9.42 Å². The lowest BCUT2D eigenvalue weighted by molar-refractivity contribution is -0.130. The van der Waals surface area contributed by atoms with Gasteiger partial charge in [0.05, 0.1) is 24.6 Å². The van der Waals surface area contributed by atoms with Crippen LogP contribution >= 0.6 is 15.9 Å². The highest BCUT2D eigenvalue weighted by Gasteiger charge is 2.12. The van der Waals surface area contributed by atoms with Crippen LogP contribution in [-0.4, -0.2) is 38.0 Å². The van der Waals surface area contributed by atoms with Crippen molar-refractivity contribution in [2.75, 3.05) is 7.05 Å². The van der Waals surface area contributed by atoms with E-state index in [1.165, 1.54) is 0 Å². The van der Waals surface area contributed by atoms with Gasteiger partial charge in [-0.2, -0.15) is 0 Å². The minimum Gasteiger partial charge on any atom is -0.364 e. The van der Waals surface area contributed by atoms with Gasteiger partial charge in [-0.05, 0) is 24.6 Å². The predicted octanol–water partition coefficient (Wildman–Crippen LogP) is 2.61. The van der Waals surface area contributed by atoms with E-state index in [0.29, 0.717) is 19.4 Å². The topological polar surface area (TPSA) is 77.1 Å². The lowest BCUT2D eigenvalue weighted by Crippen LogP contribution is -2.26. The molecule has 1 amide bonds. The lowest BCUT2D eigenvalue weighted by Gasteiger charge is -2.15. The summed E-state index contributed by atoms with van der Waals surface area (Å²) in [5, 5.41) is 11.9. The van der Waals surface area contributed by atoms with Gasteiger partial charge in [-0.25, -0.2) is 4.68 Å². The fourth-order valence-electron chi connectivity index (χ4n) is 2.24. The van der Waals surface area contributed by atoms with E-state index in [-0.39, 0.29) is 5.91 Å². The molecular formula is C16H16BrN5O2. The molecule has 0 aliphatic carbocycles. The summed E-state index contributed by atoms with van der Waals surface area (Å²) in [5.74, 6) is 0.0354. The molecule has 2 aromatic heterocycles. The summed E-state index contributed by atoms with van der Waals surface area (Å²) in [5.41, 5.74) is 2.55. The highest BCUT2D eigenvalue weighted by Crippen LogP contribution is 2.15. The predicted molar refractivity (Wildman–Crippen MR) is 90.4 cm³/mol. The standard InChI is InChI=1S/C16H16BrN5O2/c1-21(16(23)6-5-12-8-18-24-11-12)9-14-10-22(20-19-14)15-4-2-3-13(17)7-15/h2-4,7-8,10-11H,5-6,9H2,1H3. The minimum atomic E-state index is 0.0354. The average molecular weight is 390 g/mol. The van der Waals surface area contributed by atoms with Crippen molar-refractivity contribution in [1.29, 1.82) is 0 Å². The van der Waals surface area contributed by atoms with Gasteiger partial charge in [0.15, 0.2) is 0 Å². The van der Waals surface area contributed by atoms with E-state index in [0.717, 1.165) is 21.4 Å². The van der Waals surface area contributed by atoms with Gasteiger partial charge in [-0.3, -0.25) is 4.79 Å². The van der Waals surface area contributed by atoms with Crippen LogP contribution in [-0.2, 0) is 17.8 Å². The molecule has 0 radical (unpaired) electrons. The van der Waals surface area contributed by atoms with E-state index in [4.69, 9.17) is 4.52 Å². The van der Waals surface area contributed by atoms with Crippen molar-refractivity contribution in [3.63, 3.8) is 0 Å². The van der Waals surface area contributed by atoms with Crippen molar-refractivity contribution in [2.45, 2.75) is 19.4 Å². The summed E-state index contributed by atoms with van der Waals surface area (Å²) < 4.78 is 7.42. The molecule has 0 N–H and O–H groups in total. The van der Waals surface area contributed by atoms with E-state index < -0.39 is 0 Å². The quantitative estimate of drug-likeness (QED) is 0.647. The molecule has 24 heavy (non-hydrogen) atoms. The number of halogens is 1. The van der Waals surface area contributed by atoms with Crippen molar-refractivity contribution in [2.24, 2.45) is 0 Å². The van der Waals surface area contributed by atoms with Gasteiger partial charge in [0.1, 0.15) is 12.0 Å². The zero-order valence-corrected chi connectivity index (χ0v) is 14.7. The Hall–Kier alpha value is -2.48. The molecule has 0 atom stereocenters. The first-order valence-corrected chi connectivity index (χ1v) is 8.20. The largest absolute Gasteiger partial charge is 0.364 e. The van der Waals surface area contributed by atoms with Gasteiger partial charge in [0.2, 0.25) is 5.91 Å². The molecule has 0 bridgehead atoms. The zero-order chi connectivity index (χ0) is 16.9. The molecule has 3 rings (SSSR count). The van der Waals surface area contributed by atoms with Crippen molar-refractivity contribution in [3.05, 3.63) is 58.7 Å². The molecule has 124 valence electrons. The number of hydrogen-bond donors (Lipinski definition) is 0. The molecule has 0 saturated heterocycles. The molecule has 0 spiro atoms. The molecule has 3 aromatic rings. The number of rotatable bonds is 6. The molecule has 0 aliphatic rings. The van der Waals surface area contributed by atoms with Crippen LogP contribution in [0.3, 0.4) is 0 Å². The maximum Gasteiger partial charge on any atom is 0.222 e.